The zero-order chi connectivity index (χ0) is 16.7. The summed E-state index contributed by atoms with van der Waals surface area (Å²) in [5.74, 6) is 4.66. The molecule has 134 valence electrons. The topological polar surface area (TPSA) is 62.5 Å². The third-order valence-electron chi connectivity index (χ3n) is 5.41. The van der Waals surface area contributed by atoms with Crippen molar-refractivity contribution in [1.29, 1.82) is 0 Å². The van der Waals surface area contributed by atoms with Crippen molar-refractivity contribution in [3.8, 4) is 0 Å². The van der Waals surface area contributed by atoms with Crippen molar-refractivity contribution in [2.75, 3.05) is 13.6 Å². The standard InChI is InChI=1S/C19H24N4O.HI/c1-11-12(2)24-17(23-11)10-22-19(20-3)21-9-16-15-8-13-6-4-5-7-14(13)18(15)16;/h4-7,15-16,18H,8-10H2,1-3H3,(H2,20,21,22);1H. The van der Waals surface area contributed by atoms with Gasteiger partial charge in [0.2, 0.25) is 5.89 Å². The van der Waals surface area contributed by atoms with Gasteiger partial charge in [-0.25, -0.2) is 4.98 Å². The summed E-state index contributed by atoms with van der Waals surface area (Å²) < 4.78 is 5.59. The van der Waals surface area contributed by atoms with Crippen LogP contribution in [-0.2, 0) is 13.0 Å². The first-order chi connectivity index (χ1) is 11.7. The number of aromatic nitrogens is 1. The predicted octanol–water partition coefficient (Wildman–Crippen LogP) is 3.16. The number of nitrogens with one attached hydrogen (secondary N) is 2. The number of aryl methyl sites for hydroxylation is 2. The smallest absolute Gasteiger partial charge is 0.214 e. The van der Waals surface area contributed by atoms with Crippen LogP contribution < -0.4 is 10.6 Å². The molecule has 0 spiro atoms. The Bertz CT molecular complexity index is 766. The molecule has 5 nitrogen and oxygen atoms in total. The summed E-state index contributed by atoms with van der Waals surface area (Å²) >= 11 is 0. The van der Waals surface area contributed by atoms with Crippen LogP contribution in [0, 0.1) is 25.7 Å². The lowest BCUT2D eigenvalue weighted by molar-refractivity contribution is 0.463. The molecule has 1 heterocycles. The molecule has 1 aromatic heterocycles. The highest BCUT2D eigenvalue weighted by Crippen LogP contribution is 2.60. The number of aliphatic imine (C=N–C) groups is 1. The third-order valence-corrected chi connectivity index (χ3v) is 5.41. The fraction of sp³-hybridized carbons (Fsp3) is 0.474. The number of oxazole rings is 1. The van der Waals surface area contributed by atoms with Crippen LogP contribution in [0.2, 0.25) is 0 Å². The SMILES string of the molecule is CN=C(NCc1nc(C)c(C)o1)NCC1C2Cc3ccccc3C12.I. The minimum Gasteiger partial charge on any atom is -0.444 e. The van der Waals surface area contributed by atoms with Crippen molar-refractivity contribution in [2.24, 2.45) is 16.8 Å². The van der Waals surface area contributed by atoms with Crippen LogP contribution in [0.3, 0.4) is 0 Å². The molecule has 1 saturated carbocycles. The van der Waals surface area contributed by atoms with Gasteiger partial charge in [0.05, 0.1) is 12.2 Å². The molecule has 3 unspecified atom stereocenters. The Morgan fingerprint density at radius 1 is 1.28 bits per heavy atom. The number of benzene rings is 1. The molecule has 0 aliphatic heterocycles. The number of hydrogen-bond acceptors (Lipinski definition) is 3. The highest BCUT2D eigenvalue weighted by atomic mass is 127. The highest BCUT2D eigenvalue weighted by Gasteiger charge is 2.54. The van der Waals surface area contributed by atoms with Crippen molar-refractivity contribution in [3.63, 3.8) is 0 Å². The van der Waals surface area contributed by atoms with E-state index in [0.29, 0.717) is 12.4 Å². The van der Waals surface area contributed by atoms with Crippen LogP contribution in [0.4, 0.5) is 0 Å². The van der Waals surface area contributed by atoms with E-state index in [1.165, 1.54) is 6.42 Å². The molecule has 0 amide bonds. The maximum Gasteiger partial charge on any atom is 0.214 e. The fourth-order valence-corrected chi connectivity index (χ4v) is 3.97. The molecule has 2 aromatic rings. The molecule has 0 saturated heterocycles. The van der Waals surface area contributed by atoms with E-state index in [1.807, 2.05) is 13.8 Å². The predicted molar refractivity (Wildman–Crippen MR) is 109 cm³/mol. The van der Waals surface area contributed by atoms with Crippen LogP contribution in [0.15, 0.2) is 33.7 Å². The van der Waals surface area contributed by atoms with Gasteiger partial charge in [-0.3, -0.25) is 4.99 Å². The molecule has 2 aliphatic rings. The van der Waals surface area contributed by atoms with Crippen LogP contribution in [0.1, 0.15) is 34.4 Å². The van der Waals surface area contributed by atoms with E-state index >= 15 is 0 Å². The molecule has 0 radical (unpaired) electrons. The largest absolute Gasteiger partial charge is 0.444 e. The first-order valence-electron chi connectivity index (χ1n) is 8.62. The first kappa shape index (κ1) is 18.2. The lowest BCUT2D eigenvalue weighted by Crippen LogP contribution is -2.38. The normalized spacial score (nSPS) is 23.5. The van der Waals surface area contributed by atoms with E-state index in [9.17, 15) is 0 Å². The lowest BCUT2D eigenvalue weighted by atomic mass is 10.0. The number of guanidine groups is 1. The van der Waals surface area contributed by atoms with Gasteiger partial charge >= 0.3 is 0 Å². The van der Waals surface area contributed by atoms with Gasteiger partial charge in [-0.2, -0.15) is 0 Å². The fourth-order valence-electron chi connectivity index (χ4n) is 3.97. The van der Waals surface area contributed by atoms with Gasteiger partial charge in [0.25, 0.3) is 0 Å². The quantitative estimate of drug-likeness (QED) is 0.425. The Morgan fingerprint density at radius 2 is 2.08 bits per heavy atom. The average molecular weight is 452 g/mol. The molecule has 25 heavy (non-hydrogen) atoms. The Hall–Kier alpha value is -1.57. The number of hydrogen-bond donors (Lipinski definition) is 2. The van der Waals surface area contributed by atoms with Crippen molar-refractivity contribution >= 4 is 29.9 Å². The first-order valence-corrected chi connectivity index (χ1v) is 8.62. The van der Waals surface area contributed by atoms with Gasteiger partial charge in [0.1, 0.15) is 5.76 Å². The van der Waals surface area contributed by atoms with Gasteiger partial charge in [0, 0.05) is 13.6 Å². The van der Waals surface area contributed by atoms with E-state index in [1.54, 1.807) is 18.2 Å². The molecule has 1 fully saturated rings. The molecular formula is C19H25IN4O. The molecule has 2 N–H and O–H groups in total. The van der Waals surface area contributed by atoms with Gasteiger partial charge < -0.3 is 15.1 Å². The van der Waals surface area contributed by atoms with Crippen molar-refractivity contribution in [2.45, 2.75) is 32.7 Å². The molecule has 3 atom stereocenters. The minimum absolute atomic E-state index is 0. The number of rotatable bonds is 4. The second kappa shape index (κ2) is 7.35. The number of fused-ring (bicyclic) bond motifs is 3. The maximum absolute atomic E-state index is 5.59. The second-order valence-corrected chi connectivity index (χ2v) is 6.81. The number of halogens is 1. The summed E-state index contributed by atoms with van der Waals surface area (Å²) in [5, 5.41) is 6.73. The second-order valence-electron chi connectivity index (χ2n) is 6.81. The molecule has 2 aliphatic carbocycles. The van der Waals surface area contributed by atoms with Gasteiger partial charge in [-0.1, -0.05) is 24.3 Å². The summed E-state index contributed by atoms with van der Waals surface area (Å²) in [6.45, 7) is 5.41. The molecule has 1 aromatic carbocycles. The van der Waals surface area contributed by atoms with E-state index in [-0.39, 0.29) is 24.0 Å². The van der Waals surface area contributed by atoms with Crippen molar-refractivity contribution < 1.29 is 4.42 Å². The van der Waals surface area contributed by atoms with Crippen LogP contribution >= 0.6 is 24.0 Å². The summed E-state index contributed by atoms with van der Waals surface area (Å²) in [4.78, 5) is 8.68. The van der Waals surface area contributed by atoms with Crippen LogP contribution in [0.5, 0.6) is 0 Å². The molecule has 6 heteroatoms. The van der Waals surface area contributed by atoms with Gasteiger partial charge in [-0.05, 0) is 49.1 Å². The Kier molecular flexibility index (Phi) is 5.36. The highest BCUT2D eigenvalue weighted by molar-refractivity contribution is 14.0. The summed E-state index contributed by atoms with van der Waals surface area (Å²) in [6.07, 6.45) is 1.23. The van der Waals surface area contributed by atoms with Gasteiger partial charge in [0.15, 0.2) is 5.96 Å². The van der Waals surface area contributed by atoms with Gasteiger partial charge in [-0.15, -0.1) is 24.0 Å². The average Bonchev–Trinajstić information content (AvgIpc) is 2.94. The Balaban J connectivity index is 0.00000182. The molecule has 0 bridgehead atoms. The van der Waals surface area contributed by atoms with E-state index in [0.717, 1.165) is 41.7 Å². The zero-order valence-corrected chi connectivity index (χ0v) is 17.2. The summed E-state index contributed by atoms with van der Waals surface area (Å²) in [7, 11) is 1.80. The molecular weight excluding hydrogens is 427 g/mol. The third kappa shape index (κ3) is 3.54. The summed E-state index contributed by atoms with van der Waals surface area (Å²) in [5.41, 5.74) is 4.04. The number of nitrogens with zero attached hydrogens (tertiary/aromatic N) is 2. The lowest BCUT2D eigenvalue weighted by Gasteiger charge is -2.12. The van der Waals surface area contributed by atoms with Crippen molar-refractivity contribution in [3.05, 3.63) is 52.7 Å². The summed E-state index contributed by atoms with van der Waals surface area (Å²) in [6, 6.07) is 8.87. The zero-order valence-electron chi connectivity index (χ0n) is 14.9. The Morgan fingerprint density at radius 3 is 2.80 bits per heavy atom. The van der Waals surface area contributed by atoms with Crippen molar-refractivity contribution in [1.82, 2.24) is 15.6 Å². The molecule has 4 rings (SSSR count). The Labute approximate surface area is 165 Å². The minimum atomic E-state index is 0. The van der Waals surface area contributed by atoms with E-state index in [2.05, 4.69) is 44.9 Å². The maximum atomic E-state index is 5.59. The van der Waals surface area contributed by atoms with E-state index in [4.69, 9.17) is 4.42 Å². The van der Waals surface area contributed by atoms with Crippen LogP contribution in [0.25, 0.3) is 0 Å². The van der Waals surface area contributed by atoms with Crippen LogP contribution in [-0.4, -0.2) is 24.5 Å². The van der Waals surface area contributed by atoms with E-state index < -0.39 is 0 Å². The monoisotopic (exact) mass is 452 g/mol.